The molecular weight excluding hydrogens is 174 g/mol. The highest BCUT2D eigenvalue weighted by molar-refractivity contribution is 6.18. The Morgan fingerprint density at radius 2 is 2.42 bits per heavy atom. The lowest BCUT2D eigenvalue weighted by Crippen LogP contribution is -2.02. The van der Waals surface area contributed by atoms with E-state index in [2.05, 4.69) is 5.32 Å². The highest BCUT2D eigenvalue weighted by Gasteiger charge is 2.20. The first-order chi connectivity index (χ1) is 5.81. The molecule has 1 aromatic carbocycles. The van der Waals surface area contributed by atoms with Gasteiger partial charge >= 0.3 is 0 Å². The van der Waals surface area contributed by atoms with Gasteiger partial charge in [0, 0.05) is 30.1 Å². The van der Waals surface area contributed by atoms with Crippen molar-refractivity contribution in [3.63, 3.8) is 0 Å². The van der Waals surface area contributed by atoms with Gasteiger partial charge in [0.25, 0.3) is 0 Å². The summed E-state index contributed by atoms with van der Waals surface area (Å²) in [7, 11) is 0. The van der Waals surface area contributed by atoms with E-state index in [0.29, 0.717) is 17.5 Å². The van der Waals surface area contributed by atoms with E-state index in [1.807, 2.05) is 6.07 Å². The molecule has 0 fully saturated rings. The van der Waals surface area contributed by atoms with Crippen LogP contribution in [0.3, 0.4) is 0 Å². The molecule has 0 amide bonds. The van der Waals surface area contributed by atoms with Gasteiger partial charge in [-0.3, -0.25) is 0 Å². The normalized spacial score (nSPS) is 20.2. The van der Waals surface area contributed by atoms with Crippen LogP contribution in [-0.2, 0) is 0 Å². The van der Waals surface area contributed by atoms with Gasteiger partial charge in [0.05, 0.1) is 0 Å². The van der Waals surface area contributed by atoms with E-state index in [1.165, 1.54) is 5.56 Å². The maximum absolute atomic E-state index is 9.18. The Labute approximate surface area is 76.2 Å². The van der Waals surface area contributed by atoms with E-state index in [0.717, 1.165) is 12.2 Å². The smallest absolute Gasteiger partial charge is 0.117 e. The van der Waals surface area contributed by atoms with Crippen LogP contribution in [0.5, 0.6) is 5.75 Å². The summed E-state index contributed by atoms with van der Waals surface area (Å²) < 4.78 is 0. The number of aromatic hydroxyl groups is 1. The van der Waals surface area contributed by atoms with E-state index in [4.69, 9.17) is 11.6 Å². The second kappa shape index (κ2) is 2.87. The highest BCUT2D eigenvalue weighted by Crippen LogP contribution is 2.34. The Hall–Kier alpha value is -0.890. The van der Waals surface area contributed by atoms with Gasteiger partial charge in [-0.25, -0.2) is 0 Å². The summed E-state index contributed by atoms with van der Waals surface area (Å²) in [6.07, 6.45) is 0. The van der Waals surface area contributed by atoms with E-state index < -0.39 is 0 Å². The number of alkyl halides is 1. The molecular formula is C9H10ClNO. The number of hydrogen-bond acceptors (Lipinski definition) is 2. The fourth-order valence-electron chi connectivity index (χ4n) is 1.53. The van der Waals surface area contributed by atoms with E-state index >= 15 is 0 Å². The molecule has 0 radical (unpaired) electrons. The summed E-state index contributed by atoms with van der Waals surface area (Å²) in [6, 6.07) is 5.37. The van der Waals surface area contributed by atoms with E-state index in [9.17, 15) is 5.11 Å². The van der Waals surface area contributed by atoms with Crippen LogP contribution >= 0.6 is 11.6 Å². The van der Waals surface area contributed by atoms with Crippen molar-refractivity contribution in [2.24, 2.45) is 0 Å². The Bertz CT molecular complexity index is 301. The second-order valence-corrected chi connectivity index (χ2v) is 3.31. The van der Waals surface area contributed by atoms with Gasteiger partial charge in [-0.05, 0) is 11.6 Å². The van der Waals surface area contributed by atoms with Gasteiger partial charge in [0.2, 0.25) is 0 Å². The number of phenols is 1. The van der Waals surface area contributed by atoms with Crippen molar-refractivity contribution in [3.8, 4) is 5.75 Å². The van der Waals surface area contributed by atoms with Gasteiger partial charge in [0.15, 0.2) is 0 Å². The predicted molar refractivity (Wildman–Crippen MR) is 50.1 cm³/mol. The predicted octanol–water partition coefficient (Wildman–Crippen LogP) is 2.14. The van der Waals surface area contributed by atoms with Gasteiger partial charge in [-0.1, -0.05) is 6.07 Å². The molecule has 1 atom stereocenters. The first kappa shape index (κ1) is 7.74. The molecule has 0 aromatic heterocycles. The van der Waals surface area contributed by atoms with Gasteiger partial charge in [0.1, 0.15) is 5.75 Å². The average molecular weight is 184 g/mol. The third-order valence-corrected chi connectivity index (χ3v) is 2.57. The third kappa shape index (κ3) is 1.12. The first-order valence-corrected chi connectivity index (χ1v) is 4.47. The number of phenolic OH excluding ortho intramolecular Hbond substituents is 1. The number of halogens is 1. The zero-order valence-corrected chi connectivity index (χ0v) is 7.30. The summed E-state index contributed by atoms with van der Waals surface area (Å²) in [5.74, 6) is 1.32. The Kier molecular flexibility index (Phi) is 1.85. The van der Waals surface area contributed by atoms with Crippen molar-refractivity contribution in [2.75, 3.05) is 17.7 Å². The molecule has 1 aliphatic heterocycles. The number of hydrogen-bond donors (Lipinski definition) is 2. The fraction of sp³-hybridized carbons (Fsp3) is 0.333. The molecule has 1 heterocycles. The molecule has 1 aliphatic rings. The number of rotatable bonds is 1. The molecule has 2 nitrogen and oxygen atoms in total. The third-order valence-electron chi connectivity index (χ3n) is 2.20. The quantitative estimate of drug-likeness (QED) is 0.654. The van der Waals surface area contributed by atoms with Crippen LogP contribution < -0.4 is 5.32 Å². The zero-order chi connectivity index (χ0) is 8.55. The van der Waals surface area contributed by atoms with Crippen molar-refractivity contribution < 1.29 is 5.11 Å². The molecule has 64 valence electrons. The van der Waals surface area contributed by atoms with Gasteiger partial charge in [-0.2, -0.15) is 0 Å². The van der Waals surface area contributed by atoms with Gasteiger partial charge < -0.3 is 10.4 Å². The lowest BCUT2D eigenvalue weighted by atomic mass is 10.0. The van der Waals surface area contributed by atoms with Crippen LogP contribution in [0.4, 0.5) is 5.69 Å². The molecule has 12 heavy (non-hydrogen) atoms. The van der Waals surface area contributed by atoms with Crippen LogP contribution in [0.1, 0.15) is 11.5 Å². The summed E-state index contributed by atoms with van der Waals surface area (Å²) in [5.41, 5.74) is 2.23. The molecule has 2 rings (SSSR count). The minimum Gasteiger partial charge on any atom is -0.508 e. The largest absolute Gasteiger partial charge is 0.508 e. The Morgan fingerprint density at radius 3 is 3.17 bits per heavy atom. The fourth-order valence-corrected chi connectivity index (χ4v) is 1.81. The van der Waals surface area contributed by atoms with Crippen LogP contribution in [0, 0.1) is 0 Å². The lowest BCUT2D eigenvalue weighted by Gasteiger charge is -2.03. The molecule has 3 heteroatoms. The molecule has 0 saturated heterocycles. The zero-order valence-electron chi connectivity index (χ0n) is 6.55. The van der Waals surface area contributed by atoms with Crippen molar-refractivity contribution >= 4 is 17.3 Å². The van der Waals surface area contributed by atoms with Crippen LogP contribution in [0.15, 0.2) is 18.2 Å². The molecule has 2 N–H and O–H groups in total. The SMILES string of the molecule is Oc1ccc2c(c1)NC[C@H]2CCl. The van der Waals surface area contributed by atoms with Crippen LogP contribution in [-0.4, -0.2) is 17.5 Å². The minimum atomic E-state index is 0.302. The standard InChI is InChI=1S/C9H10ClNO/c10-4-6-5-11-9-3-7(12)1-2-8(6)9/h1-3,6,11-12H,4-5H2/t6-/m1/s1. The molecule has 0 saturated carbocycles. The Morgan fingerprint density at radius 1 is 1.58 bits per heavy atom. The molecule has 0 aliphatic carbocycles. The topological polar surface area (TPSA) is 32.3 Å². The molecule has 0 spiro atoms. The Balaban J connectivity index is 2.40. The van der Waals surface area contributed by atoms with Crippen molar-refractivity contribution in [2.45, 2.75) is 5.92 Å². The number of anilines is 1. The van der Waals surface area contributed by atoms with Crippen molar-refractivity contribution in [1.82, 2.24) is 0 Å². The summed E-state index contributed by atoms with van der Waals surface area (Å²) >= 11 is 5.77. The molecule has 1 aromatic rings. The average Bonchev–Trinajstić information content (AvgIpc) is 2.46. The van der Waals surface area contributed by atoms with E-state index in [1.54, 1.807) is 12.1 Å². The number of benzene rings is 1. The monoisotopic (exact) mass is 183 g/mol. The van der Waals surface area contributed by atoms with E-state index in [-0.39, 0.29) is 0 Å². The minimum absolute atomic E-state index is 0.302. The number of nitrogens with one attached hydrogen (secondary N) is 1. The summed E-state index contributed by atoms with van der Waals surface area (Å²) in [4.78, 5) is 0. The van der Waals surface area contributed by atoms with Gasteiger partial charge in [-0.15, -0.1) is 11.6 Å². The summed E-state index contributed by atoms with van der Waals surface area (Å²) in [6.45, 7) is 0.877. The molecule has 0 unspecified atom stereocenters. The number of fused-ring (bicyclic) bond motifs is 1. The second-order valence-electron chi connectivity index (χ2n) is 3.00. The van der Waals surface area contributed by atoms with Crippen molar-refractivity contribution in [3.05, 3.63) is 23.8 Å². The van der Waals surface area contributed by atoms with Crippen LogP contribution in [0.25, 0.3) is 0 Å². The lowest BCUT2D eigenvalue weighted by molar-refractivity contribution is 0.475. The van der Waals surface area contributed by atoms with Crippen molar-refractivity contribution in [1.29, 1.82) is 0 Å². The highest BCUT2D eigenvalue weighted by atomic mass is 35.5. The van der Waals surface area contributed by atoms with Crippen LogP contribution in [0.2, 0.25) is 0 Å². The molecule has 0 bridgehead atoms. The first-order valence-electron chi connectivity index (χ1n) is 3.94. The summed E-state index contributed by atoms with van der Waals surface area (Å²) in [5, 5.41) is 12.4. The maximum atomic E-state index is 9.18. The maximum Gasteiger partial charge on any atom is 0.117 e.